The molecule has 0 atom stereocenters. The van der Waals surface area contributed by atoms with Crippen molar-refractivity contribution in [3.05, 3.63) is 11.5 Å². The summed E-state index contributed by atoms with van der Waals surface area (Å²) in [6.45, 7) is 0. The molecule has 3 nitrogen and oxygen atoms in total. The molecule has 3 heteroatoms. The molecule has 0 N–H and O–H groups in total. The second kappa shape index (κ2) is 1.23. The molecule has 0 saturated carbocycles. The Labute approximate surface area is 51.3 Å². The Morgan fingerprint density at radius 2 is 2.00 bits per heavy atom. The fourth-order valence-electron chi connectivity index (χ4n) is 0.902. The van der Waals surface area contributed by atoms with Crippen molar-refractivity contribution in [2.75, 3.05) is 0 Å². The number of hydrogen-bond acceptors (Lipinski definition) is 3. The van der Waals surface area contributed by atoms with Crippen LogP contribution in [0.5, 0.6) is 0 Å². The molecule has 2 rings (SSSR count). The first-order valence-corrected chi connectivity index (χ1v) is 2.77. The SMILES string of the molecule is O=C1CCC2=C(O2)C1=O. The van der Waals surface area contributed by atoms with Gasteiger partial charge in [-0.25, -0.2) is 0 Å². The zero-order valence-corrected chi connectivity index (χ0v) is 4.64. The van der Waals surface area contributed by atoms with Crippen LogP contribution in [0.2, 0.25) is 0 Å². The van der Waals surface area contributed by atoms with Gasteiger partial charge in [0.1, 0.15) is 0 Å². The summed E-state index contributed by atoms with van der Waals surface area (Å²) >= 11 is 0. The van der Waals surface area contributed by atoms with Crippen molar-refractivity contribution in [1.29, 1.82) is 0 Å². The normalized spacial score (nSPS) is 23.6. The van der Waals surface area contributed by atoms with Gasteiger partial charge in [-0.3, -0.25) is 9.59 Å². The average Bonchev–Trinajstić information content (AvgIpc) is 2.58. The van der Waals surface area contributed by atoms with Crippen molar-refractivity contribution in [3.8, 4) is 0 Å². The lowest BCUT2D eigenvalue weighted by atomic mass is 10.1. The van der Waals surface area contributed by atoms with Crippen LogP contribution >= 0.6 is 0 Å². The molecular formula is C6H4O3. The van der Waals surface area contributed by atoms with Crippen molar-refractivity contribution in [2.45, 2.75) is 12.8 Å². The van der Waals surface area contributed by atoms with Crippen LogP contribution in [0.1, 0.15) is 12.8 Å². The van der Waals surface area contributed by atoms with E-state index in [4.69, 9.17) is 4.74 Å². The van der Waals surface area contributed by atoms with Crippen LogP contribution in [-0.2, 0) is 14.3 Å². The number of carbonyl (C=O) groups is 2. The molecular weight excluding hydrogens is 120 g/mol. The lowest BCUT2D eigenvalue weighted by molar-refractivity contribution is -0.134. The van der Waals surface area contributed by atoms with Crippen LogP contribution in [0.3, 0.4) is 0 Å². The van der Waals surface area contributed by atoms with E-state index in [0.717, 1.165) is 5.76 Å². The number of hydrogen-bond donors (Lipinski definition) is 0. The van der Waals surface area contributed by atoms with Gasteiger partial charge in [-0.15, -0.1) is 0 Å². The molecule has 0 spiro atoms. The van der Waals surface area contributed by atoms with Crippen molar-refractivity contribution in [2.24, 2.45) is 0 Å². The monoisotopic (exact) mass is 124 g/mol. The lowest BCUT2D eigenvalue weighted by Gasteiger charge is -1.90. The van der Waals surface area contributed by atoms with Crippen molar-refractivity contribution >= 4 is 11.6 Å². The zero-order chi connectivity index (χ0) is 6.43. The largest absolute Gasteiger partial charge is 0.450 e. The molecule has 1 aliphatic carbocycles. The molecule has 9 heavy (non-hydrogen) atoms. The van der Waals surface area contributed by atoms with Crippen molar-refractivity contribution in [1.82, 2.24) is 0 Å². The van der Waals surface area contributed by atoms with E-state index in [0.29, 0.717) is 18.6 Å². The van der Waals surface area contributed by atoms with Gasteiger partial charge in [-0.1, -0.05) is 0 Å². The topological polar surface area (TPSA) is 46.7 Å². The fraction of sp³-hybridized carbons (Fsp3) is 0.333. The zero-order valence-electron chi connectivity index (χ0n) is 4.64. The molecule has 0 aromatic heterocycles. The summed E-state index contributed by atoms with van der Waals surface area (Å²) in [6.07, 6.45) is 0.956. The molecule has 0 bridgehead atoms. The van der Waals surface area contributed by atoms with Crippen LogP contribution in [0.15, 0.2) is 11.5 Å². The van der Waals surface area contributed by atoms with E-state index in [1.165, 1.54) is 0 Å². The minimum Gasteiger partial charge on any atom is -0.450 e. The Morgan fingerprint density at radius 1 is 1.22 bits per heavy atom. The Balaban J connectivity index is 2.37. The minimum absolute atomic E-state index is 0.311. The lowest BCUT2D eigenvalue weighted by Crippen LogP contribution is -2.13. The number of rotatable bonds is 0. The van der Waals surface area contributed by atoms with E-state index in [-0.39, 0.29) is 5.78 Å². The predicted molar refractivity (Wildman–Crippen MR) is 27.4 cm³/mol. The van der Waals surface area contributed by atoms with E-state index in [9.17, 15) is 9.59 Å². The summed E-state index contributed by atoms with van der Waals surface area (Å²) in [6, 6.07) is 0. The Kier molecular flexibility index (Phi) is 0.649. The number of allylic oxidation sites excluding steroid dienone is 2. The van der Waals surface area contributed by atoms with Gasteiger partial charge in [0.2, 0.25) is 11.5 Å². The standard InChI is InChI=1S/C6H4O3/c7-3-1-2-4-6(9-4)5(3)8/h1-2H2. The highest BCUT2D eigenvalue weighted by atomic mass is 16.6. The molecule has 0 unspecified atom stereocenters. The summed E-state index contributed by atoms with van der Waals surface area (Å²) in [5.41, 5.74) is 0. The van der Waals surface area contributed by atoms with Crippen LogP contribution in [0.4, 0.5) is 0 Å². The molecule has 0 saturated heterocycles. The first-order chi connectivity index (χ1) is 4.29. The first kappa shape index (κ1) is 4.73. The van der Waals surface area contributed by atoms with Gasteiger partial charge >= 0.3 is 0 Å². The van der Waals surface area contributed by atoms with Gasteiger partial charge in [-0.2, -0.15) is 0 Å². The molecule has 46 valence electrons. The van der Waals surface area contributed by atoms with Gasteiger partial charge in [0, 0.05) is 12.8 Å². The molecule has 0 aromatic carbocycles. The highest BCUT2D eigenvalue weighted by Gasteiger charge is 2.40. The van der Waals surface area contributed by atoms with Crippen LogP contribution in [-0.4, -0.2) is 11.6 Å². The van der Waals surface area contributed by atoms with Gasteiger partial charge in [0.05, 0.1) is 0 Å². The Hall–Kier alpha value is -1.12. The van der Waals surface area contributed by atoms with E-state index >= 15 is 0 Å². The van der Waals surface area contributed by atoms with Crippen LogP contribution < -0.4 is 0 Å². The van der Waals surface area contributed by atoms with E-state index < -0.39 is 5.78 Å². The molecule has 0 amide bonds. The summed E-state index contributed by atoms with van der Waals surface area (Å²) in [5.74, 6) is 0.286. The minimum atomic E-state index is -0.434. The van der Waals surface area contributed by atoms with Crippen LogP contribution in [0.25, 0.3) is 0 Å². The highest BCUT2D eigenvalue weighted by molar-refractivity contribution is 6.44. The van der Waals surface area contributed by atoms with Crippen molar-refractivity contribution in [3.63, 3.8) is 0 Å². The molecule has 2 aliphatic rings. The number of carbonyl (C=O) groups excluding carboxylic acids is 2. The Morgan fingerprint density at radius 3 is 2.67 bits per heavy atom. The first-order valence-electron chi connectivity index (χ1n) is 2.77. The third kappa shape index (κ3) is 0.512. The van der Waals surface area contributed by atoms with Gasteiger partial charge < -0.3 is 4.74 Å². The maximum atomic E-state index is 10.6. The molecule has 1 aliphatic heterocycles. The van der Waals surface area contributed by atoms with Gasteiger partial charge in [0.25, 0.3) is 5.78 Å². The number of ether oxygens (including phenoxy) is 1. The summed E-state index contributed by atoms with van der Waals surface area (Å²) in [5, 5.41) is 0. The van der Waals surface area contributed by atoms with Gasteiger partial charge in [0.15, 0.2) is 5.76 Å². The van der Waals surface area contributed by atoms with E-state index in [2.05, 4.69) is 0 Å². The maximum Gasteiger partial charge on any atom is 0.267 e. The predicted octanol–water partition coefficient (Wildman–Crippen LogP) is 0.160. The third-order valence-corrected chi connectivity index (χ3v) is 1.48. The molecule has 0 aromatic rings. The molecule has 0 radical (unpaired) electrons. The third-order valence-electron chi connectivity index (χ3n) is 1.48. The van der Waals surface area contributed by atoms with Crippen LogP contribution in [0, 0.1) is 0 Å². The molecule has 0 fully saturated rings. The summed E-state index contributed by atoms with van der Waals surface area (Å²) < 4.78 is 4.72. The maximum absolute atomic E-state index is 10.6. The summed E-state index contributed by atoms with van der Waals surface area (Å²) in [4.78, 5) is 21.2. The Bertz CT molecular complexity index is 235. The van der Waals surface area contributed by atoms with Crippen molar-refractivity contribution < 1.29 is 14.3 Å². The number of ketones is 2. The second-order valence-electron chi connectivity index (χ2n) is 2.11. The second-order valence-corrected chi connectivity index (χ2v) is 2.11. The summed E-state index contributed by atoms with van der Waals surface area (Å²) in [7, 11) is 0. The average molecular weight is 124 g/mol. The highest BCUT2D eigenvalue weighted by Crippen LogP contribution is 2.35. The van der Waals surface area contributed by atoms with E-state index in [1.807, 2.05) is 0 Å². The number of Topliss-reactive ketones (excluding diaryl/α,β-unsaturated/α-hetero) is 2. The van der Waals surface area contributed by atoms with Gasteiger partial charge in [-0.05, 0) is 0 Å². The smallest absolute Gasteiger partial charge is 0.267 e. The quantitative estimate of drug-likeness (QED) is 0.432. The fourth-order valence-corrected chi connectivity index (χ4v) is 0.902. The van der Waals surface area contributed by atoms with E-state index in [1.54, 1.807) is 0 Å². The molecule has 1 heterocycles.